The van der Waals surface area contributed by atoms with Crippen molar-refractivity contribution in [1.29, 1.82) is 0 Å². The van der Waals surface area contributed by atoms with Gasteiger partial charge in [0, 0.05) is 19.3 Å². The van der Waals surface area contributed by atoms with Gasteiger partial charge in [-0.1, -0.05) is 269 Å². The minimum absolute atomic E-state index is 0.0932. The first-order valence-corrected chi connectivity index (χ1v) is 31.3. The Hall–Kier alpha value is -4.71. The number of hydrogen-bond acceptors (Lipinski definition) is 6. The first-order chi connectivity index (χ1) is 38.0. The zero-order chi connectivity index (χ0) is 55.7. The lowest BCUT2D eigenvalue weighted by Gasteiger charge is -2.18. The van der Waals surface area contributed by atoms with Gasteiger partial charge >= 0.3 is 17.9 Å². The molecule has 0 aliphatic carbocycles. The fourth-order valence-electron chi connectivity index (χ4n) is 8.21. The Labute approximate surface area is 474 Å². The van der Waals surface area contributed by atoms with Crippen molar-refractivity contribution in [3.05, 3.63) is 146 Å². The third kappa shape index (κ3) is 62.0. The molecule has 6 nitrogen and oxygen atoms in total. The van der Waals surface area contributed by atoms with Gasteiger partial charge in [0.1, 0.15) is 13.2 Å². The van der Waals surface area contributed by atoms with E-state index in [4.69, 9.17) is 14.2 Å². The lowest BCUT2D eigenvalue weighted by molar-refractivity contribution is -0.167. The molecule has 77 heavy (non-hydrogen) atoms. The number of esters is 3. The van der Waals surface area contributed by atoms with Crippen LogP contribution in [-0.4, -0.2) is 37.2 Å². The summed E-state index contributed by atoms with van der Waals surface area (Å²) in [5, 5.41) is 0. The summed E-state index contributed by atoms with van der Waals surface area (Å²) in [7, 11) is 0. The maximum atomic E-state index is 12.8. The molecular weight excluding hydrogens is 949 g/mol. The van der Waals surface area contributed by atoms with Crippen LogP contribution in [0.4, 0.5) is 0 Å². The standard InChI is InChI=1S/C71H114O6/c1-4-7-10-13-16-19-21-23-25-27-28-29-30-31-32-33-34-35-36-37-38-39-40-41-42-44-45-47-49-52-55-58-61-64-70(73)76-67-68(66-75-69(72)63-60-57-54-51-18-15-12-9-6-3)77-71(74)65-62-59-56-53-50-48-46-43-26-24-22-20-17-14-11-8-5-2/h7-8,10-11,16-17,19-20,23-26,28-29,31-32,34-35,37-38,40-41,46,48,68H,4-6,9,12-15,18,21-22,27,30,33,36,39,42-45,47,49-67H2,1-3H3/b10-7-,11-8-,19-16-,20-17-,25-23-,26-24-,29-28-,32-31-,35-34-,38-37-,41-40-,48-46-. The lowest BCUT2D eigenvalue weighted by Crippen LogP contribution is -2.30. The molecule has 0 aromatic rings. The first-order valence-electron chi connectivity index (χ1n) is 31.3. The monoisotopic (exact) mass is 1060 g/mol. The summed E-state index contributed by atoms with van der Waals surface area (Å²) in [5.74, 6) is -0.931. The molecule has 0 spiro atoms. The van der Waals surface area contributed by atoms with Crippen LogP contribution in [0.15, 0.2) is 146 Å². The van der Waals surface area contributed by atoms with Gasteiger partial charge in [0.05, 0.1) is 0 Å². The quantitative estimate of drug-likeness (QED) is 0.0261. The fraction of sp³-hybridized carbons (Fsp3) is 0.620. The Kier molecular flexibility index (Phi) is 59.9. The first kappa shape index (κ1) is 72.3. The fourth-order valence-corrected chi connectivity index (χ4v) is 8.21. The van der Waals surface area contributed by atoms with E-state index in [0.29, 0.717) is 19.3 Å². The van der Waals surface area contributed by atoms with Crippen LogP contribution in [0.3, 0.4) is 0 Å². The number of carbonyl (C=O) groups excluding carboxylic acids is 3. The predicted octanol–water partition coefficient (Wildman–Crippen LogP) is 21.5. The summed E-state index contributed by atoms with van der Waals surface area (Å²) in [5.41, 5.74) is 0. The maximum absolute atomic E-state index is 12.8. The molecule has 434 valence electrons. The Balaban J connectivity index is 4.24. The third-order valence-electron chi connectivity index (χ3n) is 12.8. The normalized spacial score (nSPS) is 13.1. The van der Waals surface area contributed by atoms with E-state index in [1.54, 1.807) is 0 Å². The predicted molar refractivity (Wildman–Crippen MR) is 334 cm³/mol. The zero-order valence-electron chi connectivity index (χ0n) is 49.7. The van der Waals surface area contributed by atoms with Gasteiger partial charge in [0.25, 0.3) is 0 Å². The molecule has 0 aliphatic heterocycles. The molecule has 0 heterocycles. The van der Waals surface area contributed by atoms with Crippen LogP contribution < -0.4 is 0 Å². The van der Waals surface area contributed by atoms with E-state index < -0.39 is 6.10 Å². The molecule has 0 radical (unpaired) electrons. The second kappa shape index (κ2) is 63.8. The summed E-state index contributed by atoms with van der Waals surface area (Å²) in [4.78, 5) is 38.1. The summed E-state index contributed by atoms with van der Waals surface area (Å²) in [6, 6.07) is 0. The van der Waals surface area contributed by atoms with E-state index in [-0.39, 0.29) is 31.1 Å². The smallest absolute Gasteiger partial charge is 0.306 e. The second-order valence-electron chi connectivity index (χ2n) is 20.2. The van der Waals surface area contributed by atoms with Crippen molar-refractivity contribution in [3.8, 4) is 0 Å². The number of allylic oxidation sites excluding steroid dienone is 24. The van der Waals surface area contributed by atoms with Gasteiger partial charge in [-0.2, -0.15) is 0 Å². The van der Waals surface area contributed by atoms with Crippen LogP contribution in [0.25, 0.3) is 0 Å². The van der Waals surface area contributed by atoms with Crippen LogP contribution in [0.5, 0.6) is 0 Å². The largest absolute Gasteiger partial charge is 0.462 e. The molecule has 1 atom stereocenters. The molecule has 0 bridgehead atoms. The maximum Gasteiger partial charge on any atom is 0.306 e. The van der Waals surface area contributed by atoms with Crippen LogP contribution in [0.2, 0.25) is 0 Å². The van der Waals surface area contributed by atoms with Crippen LogP contribution in [0, 0.1) is 0 Å². The number of unbranched alkanes of at least 4 members (excludes halogenated alkanes) is 20. The molecule has 0 aromatic heterocycles. The van der Waals surface area contributed by atoms with E-state index in [0.717, 1.165) is 154 Å². The number of hydrogen-bond donors (Lipinski definition) is 0. The number of ether oxygens (including phenoxy) is 3. The highest BCUT2D eigenvalue weighted by atomic mass is 16.6. The van der Waals surface area contributed by atoms with Gasteiger partial charge in [-0.05, 0) is 122 Å². The van der Waals surface area contributed by atoms with Gasteiger partial charge < -0.3 is 14.2 Å². The molecule has 0 rings (SSSR count). The SMILES string of the molecule is CC/C=C\C/C=C\C/C=C\C/C=C\C/C=C\C/C=C\C/C=C\C/C=C\CCCCCCCCCCC(=O)OCC(COC(=O)CCCCCCCCCCC)OC(=O)CCCCCC/C=C\C/C=C\C/C=C\C/C=C\CC. The average Bonchev–Trinajstić information content (AvgIpc) is 3.43. The summed E-state index contributed by atoms with van der Waals surface area (Å²) >= 11 is 0. The van der Waals surface area contributed by atoms with Crippen LogP contribution >= 0.6 is 0 Å². The molecule has 1 unspecified atom stereocenters. The van der Waals surface area contributed by atoms with E-state index >= 15 is 0 Å². The molecule has 0 aliphatic rings. The minimum Gasteiger partial charge on any atom is -0.462 e. The molecule has 0 saturated carbocycles. The number of rotatable bonds is 55. The minimum atomic E-state index is -0.798. The lowest BCUT2D eigenvalue weighted by atomic mass is 10.1. The van der Waals surface area contributed by atoms with Gasteiger partial charge in [0.15, 0.2) is 6.10 Å². The van der Waals surface area contributed by atoms with Crippen molar-refractivity contribution in [2.45, 2.75) is 271 Å². The molecule has 0 N–H and O–H groups in total. The van der Waals surface area contributed by atoms with E-state index in [1.807, 2.05) is 0 Å². The Bertz CT molecular complexity index is 1700. The highest BCUT2D eigenvalue weighted by molar-refractivity contribution is 5.71. The molecule has 0 saturated heterocycles. The summed E-state index contributed by atoms with van der Waals surface area (Å²) < 4.78 is 16.8. The van der Waals surface area contributed by atoms with Gasteiger partial charge in [-0.3, -0.25) is 14.4 Å². The van der Waals surface area contributed by atoms with Crippen LogP contribution in [0.1, 0.15) is 265 Å². The van der Waals surface area contributed by atoms with Crippen molar-refractivity contribution in [1.82, 2.24) is 0 Å². The summed E-state index contributed by atoms with van der Waals surface area (Å²) in [6.07, 6.45) is 91.5. The van der Waals surface area contributed by atoms with Crippen LogP contribution in [-0.2, 0) is 28.6 Å². The molecule has 6 heteroatoms. The van der Waals surface area contributed by atoms with Crippen molar-refractivity contribution < 1.29 is 28.6 Å². The van der Waals surface area contributed by atoms with E-state index in [1.165, 1.54) is 70.6 Å². The molecule has 0 aromatic carbocycles. The highest BCUT2D eigenvalue weighted by Gasteiger charge is 2.19. The second-order valence-corrected chi connectivity index (χ2v) is 20.2. The van der Waals surface area contributed by atoms with E-state index in [9.17, 15) is 14.4 Å². The highest BCUT2D eigenvalue weighted by Crippen LogP contribution is 2.14. The van der Waals surface area contributed by atoms with Crippen molar-refractivity contribution >= 4 is 17.9 Å². The van der Waals surface area contributed by atoms with E-state index in [2.05, 4.69) is 167 Å². The average molecular weight is 1060 g/mol. The van der Waals surface area contributed by atoms with Crippen molar-refractivity contribution in [2.75, 3.05) is 13.2 Å². The third-order valence-corrected chi connectivity index (χ3v) is 12.8. The van der Waals surface area contributed by atoms with Crippen molar-refractivity contribution in [2.24, 2.45) is 0 Å². The Morgan fingerprint density at radius 1 is 0.273 bits per heavy atom. The van der Waals surface area contributed by atoms with Gasteiger partial charge in [-0.25, -0.2) is 0 Å². The molecule has 0 fully saturated rings. The zero-order valence-corrected chi connectivity index (χ0v) is 49.7. The number of carbonyl (C=O) groups is 3. The van der Waals surface area contributed by atoms with Gasteiger partial charge in [0.2, 0.25) is 0 Å². The van der Waals surface area contributed by atoms with Gasteiger partial charge in [-0.15, -0.1) is 0 Å². The van der Waals surface area contributed by atoms with Crippen molar-refractivity contribution in [3.63, 3.8) is 0 Å². The molecule has 0 amide bonds. The summed E-state index contributed by atoms with van der Waals surface area (Å²) in [6.45, 7) is 6.36. The Morgan fingerprint density at radius 2 is 0.506 bits per heavy atom. The molecular formula is C71H114O6. The Morgan fingerprint density at radius 3 is 0.792 bits per heavy atom. The topological polar surface area (TPSA) is 78.9 Å².